The van der Waals surface area contributed by atoms with E-state index in [1.54, 1.807) is 16.4 Å². The fraction of sp³-hybridized carbons (Fsp3) is 0.233. The van der Waals surface area contributed by atoms with Crippen molar-refractivity contribution >= 4 is 40.9 Å². The highest BCUT2D eigenvalue weighted by Crippen LogP contribution is 2.38. The Morgan fingerprint density at radius 1 is 1.10 bits per heavy atom. The molecule has 2 heterocycles. The van der Waals surface area contributed by atoms with Crippen LogP contribution in [0.2, 0.25) is 5.02 Å². The van der Waals surface area contributed by atoms with E-state index in [4.69, 9.17) is 26.4 Å². The lowest BCUT2D eigenvalue weighted by atomic mass is 9.95. The summed E-state index contributed by atoms with van der Waals surface area (Å²) < 4.78 is 7.92. The molecule has 0 spiro atoms. The lowest BCUT2D eigenvalue weighted by Crippen LogP contribution is -2.31. The van der Waals surface area contributed by atoms with Crippen LogP contribution >= 0.6 is 23.4 Å². The molecule has 2 N–H and O–H groups in total. The number of rotatable bonds is 10. The van der Waals surface area contributed by atoms with Crippen molar-refractivity contribution in [3.05, 3.63) is 106 Å². The Labute approximate surface area is 237 Å². The Morgan fingerprint density at radius 3 is 2.69 bits per heavy atom. The number of fused-ring (bicyclic) bond motifs is 1. The largest absolute Gasteiger partial charge is 0.489 e. The number of aromatic nitrogens is 3. The van der Waals surface area contributed by atoms with E-state index in [9.17, 15) is 4.79 Å². The molecule has 1 unspecified atom stereocenters. The van der Waals surface area contributed by atoms with E-state index >= 15 is 0 Å². The van der Waals surface area contributed by atoms with Gasteiger partial charge < -0.3 is 15.4 Å². The van der Waals surface area contributed by atoms with Crippen molar-refractivity contribution in [3.8, 4) is 5.75 Å². The highest BCUT2D eigenvalue weighted by atomic mass is 35.5. The first kappa shape index (κ1) is 26.8. The van der Waals surface area contributed by atoms with Gasteiger partial charge in [0.15, 0.2) is 0 Å². The first-order valence-electron chi connectivity index (χ1n) is 12.9. The van der Waals surface area contributed by atoms with Crippen LogP contribution in [0.5, 0.6) is 5.75 Å². The van der Waals surface area contributed by atoms with E-state index in [1.807, 2.05) is 85.8 Å². The van der Waals surface area contributed by atoms with E-state index in [0.717, 1.165) is 41.1 Å². The van der Waals surface area contributed by atoms with Gasteiger partial charge in [-0.1, -0.05) is 85.2 Å². The number of allylic oxidation sites excluding steroid dienone is 1. The summed E-state index contributed by atoms with van der Waals surface area (Å²) in [5, 5.41) is 12.5. The number of para-hydroxylation sites is 1. The van der Waals surface area contributed by atoms with Crippen LogP contribution in [0.4, 0.5) is 11.6 Å². The number of hydrogen-bond acceptors (Lipinski definition) is 6. The van der Waals surface area contributed by atoms with Crippen molar-refractivity contribution in [2.75, 3.05) is 16.4 Å². The Bertz CT molecular complexity index is 1490. The molecule has 0 radical (unpaired) electrons. The lowest BCUT2D eigenvalue weighted by molar-refractivity contribution is -0.113. The predicted octanol–water partition coefficient (Wildman–Crippen LogP) is 7.33. The van der Waals surface area contributed by atoms with Crippen LogP contribution in [0, 0.1) is 0 Å². The summed E-state index contributed by atoms with van der Waals surface area (Å²) in [5.74, 6) is 2.00. The molecule has 4 aromatic rings. The van der Waals surface area contributed by atoms with Crippen molar-refractivity contribution in [2.45, 2.75) is 44.5 Å². The second kappa shape index (κ2) is 12.4. The van der Waals surface area contributed by atoms with Gasteiger partial charge in [-0.05, 0) is 49.2 Å². The summed E-state index contributed by atoms with van der Waals surface area (Å²) in [6.07, 6.45) is 2.19. The fourth-order valence-corrected chi connectivity index (χ4v) is 5.48. The van der Waals surface area contributed by atoms with E-state index in [2.05, 4.69) is 17.6 Å². The molecule has 1 aliphatic heterocycles. The number of anilines is 2. The molecule has 200 valence electrons. The Morgan fingerprint density at radius 2 is 1.90 bits per heavy atom. The summed E-state index contributed by atoms with van der Waals surface area (Å²) in [4.78, 5) is 18.4. The highest BCUT2D eigenvalue weighted by molar-refractivity contribution is 7.99. The zero-order valence-electron chi connectivity index (χ0n) is 21.9. The van der Waals surface area contributed by atoms with Gasteiger partial charge in [-0.3, -0.25) is 4.79 Å². The van der Waals surface area contributed by atoms with Crippen molar-refractivity contribution in [3.63, 3.8) is 0 Å². The molecular weight excluding hydrogens is 530 g/mol. The Hall–Kier alpha value is -3.75. The third kappa shape index (κ3) is 6.29. The van der Waals surface area contributed by atoms with Crippen LogP contribution in [-0.2, 0) is 11.4 Å². The molecule has 0 bridgehead atoms. The van der Waals surface area contributed by atoms with E-state index in [1.165, 1.54) is 0 Å². The Balaban J connectivity index is 1.49. The number of unbranched alkanes of at least 4 members (excludes halogenated alkanes) is 1. The number of carbonyl (C=O) groups is 1. The topological polar surface area (TPSA) is 81.1 Å². The first-order chi connectivity index (χ1) is 19.0. The highest BCUT2D eigenvalue weighted by Gasteiger charge is 2.34. The number of benzene rings is 3. The number of nitrogens with zero attached hydrogens (tertiary/aromatic N) is 3. The second-order valence-corrected chi connectivity index (χ2v) is 10.7. The fourth-order valence-electron chi connectivity index (χ4n) is 4.37. The molecule has 7 nitrogen and oxygen atoms in total. The number of halogens is 1. The number of carbonyl (C=O) groups excluding carboxylic acids is 1. The van der Waals surface area contributed by atoms with Crippen molar-refractivity contribution < 1.29 is 9.53 Å². The molecule has 1 aromatic heterocycles. The molecule has 1 aliphatic rings. The lowest BCUT2D eigenvalue weighted by Gasteiger charge is -2.29. The molecule has 1 atom stereocenters. The van der Waals surface area contributed by atoms with Crippen LogP contribution in [0.1, 0.15) is 43.9 Å². The summed E-state index contributed by atoms with van der Waals surface area (Å²) >= 11 is 7.95. The molecule has 9 heteroatoms. The molecular formula is C30H30ClN5O2S. The van der Waals surface area contributed by atoms with Crippen LogP contribution in [0.3, 0.4) is 0 Å². The molecule has 0 saturated heterocycles. The third-order valence-electron chi connectivity index (χ3n) is 6.36. The van der Waals surface area contributed by atoms with Gasteiger partial charge in [0.25, 0.3) is 5.91 Å². The van der Waals surface area contributed by atoms with Gasteiger partial charge >= 0.3 is 0 Å². The van der Waals surface area contributed by atoms with Gasteiger partial charge in [-0.25, -0.2) is 4.68 Å². The molecule has 5 rings (SSSR count). The molecule has 39 heavy (non-hydrogen) atoms. The van der Waals surface area contributed by atoms with Crippen molar-refractivity contribution in [1.29, 1.82) is 0 Å². The minimum atomic E-state index is -0.498. The maximum Gasteiger partial charge on any atom is 0.255 e. The predicted molar refractivity (Wildman–Crippen MR) is 157 cm³/mol. The number of nitrogens with one attached hydrogen (secondary N) is 2. The van der Waals surface area contributed by atoms with Crippen molar-refractivity contribution in [2.24, 2.45) is 0 Å². The van der Waals surface area contributed by atoms with Crippen LogP contribution in [0.25, 0.3) is 0 Å². The summed E-state index contributed by atoms with van der Waals surface area (Å²) in [6.45, 7) is 4.39. The smallest absolute Gasteiger partial charge is 0.255 e. The van der Waals surface area contributed by atoms with Crippen LogP contribution in [-0.4, -0.2) is 26.4 Å². The van der Waals surface area contributed by atoms with Crippen molar-refractivity contribution in [1.82, 2.24) is 14.8 Å². The Kier molecular flexibility index (Phi) is 8.54. The van der Waals surface area contributed by atoms with E-state index in [0.29, 0.717) is 34.1 Å². The molecule has 3 aromatic carbocycles. The third-order valence-corrected chi connectivity index (χ3v) is 7.66. The van der Waals surface area contributed by atoms with Gasteiger partial charge in [0.2, 0.25) is 11.1 Å². The SMILES string of the molecule is CCCCSc1nc2n(n1)C(c1cccc(OCc3ccccc3Cl)c1)C(C(=O)Nc1ccccc1)=C(C)N2. The zero-order valence-corrected chi connectivity index (χ0v) is 23.4. The minimum Gasteiger partial charge on any atom is -0.489 e. The van der Waals surface area contributed by atoms with E-state index in [-0.39, 0.29) is 5.91 Å². The first-order valence-corrected chi connectivity index (χ1v) is 14.3. The number of thioether (sulfide) groups is 1. The number of hydrogen-bond donors (Lipinski definition) is 2. The summed E-state index contributed by atoms with van der Waals surface area (Å²) in [5.41, 5.74) is 3.77. The summed E-state index contributed by atoms with van der Waals surface area (Å²) in [7, 11) is 0. The second-order valence-electron chi connectivity index (χ2n) is 9.20. The van der Waals surface area contributed by atoms with E-state index < -0.39 is 6.04 Å². The average Bonchev–Trinajstić information content (AvgIpc) is 3.34. The molecule has 0 fully saturated rings. The van der Waals surface area contributed by atoms with Crippen LogP contribution in [0.15, 0.2) is 95.3 Å². The van der Waals surface area contributed by atoms with Gasteiger partial charge in [0.05, 0.1) is 5.57 Å². The maximum absolute atomic E-state index is 13.7. The molecule has 1 amide bonds. The maximum atomic E-state index is 13.7. The van der Waals surface area contributed by atoms with Gasteiger partial charge in [0, 0.05) is 27.7 Å². The van der Waals surface area contributed by atoms with Gasteiger partial charge in [-0.2, -0.15) is 4.98 Å². The molecule has 0 aliphatic carbocycles. The minimum absolute atomic E-state index is 0.208. The normalized spacial score (nSPS) is 14.5. The number of ether oxygens (including phenoxy) is 1. The van der Waals surface area contributed by atoms with Gasteiger partial charge in [0.1, 0.15) is 18.4 Å². The number of amides is 1. The van der Waals surface area contributed by atoms with Gasteiger partial charge in [-0.15, -0.1) is 5.10 Å². The quantitative estimate of drug-likeness (QED) is 0.156. The van der Waals surface area contributed by atoms with Crippen LogP contribution < -0.4 is 15.4 Å². The summed E-state index contributed by atoms with van der Waals surface area (Å²) in [6, 6.07) is 24.3. The average molecular weight is 560 g/mol. The standard InChI is InChI=1S/C30H30ClN5O2S/c1-3-4-17-39-30-34-29-32-20(2)26(28(37)33-23-13-6-5-7-14-23)27(36(29)35-30)21-12-10-15-24(18-21)38-19-22-11-8-9-16-25(22)31/h5-16,18,27H,3-4,17,19H2,1-2H3,(H,33,37)(H,32,34,35). The zero-order chi connectivity index (χ0) is 27.2. The monoisotopic (exact) mass is 559 g/mol. The molecule has 0 saturated carbocycles.